The van der Waals surface area contributed by atoms with Crippen LogP contribution < -0.4 is 15.5 Å². The van der Waals surface area contributed by atoms with Gasteiger partial charge in [0.1, 0.15) is 0 Å². The van der Waals surface area contributed by atoms with Gasteiger partial charge in [0.2, 0.25) is 0 Å². The Morgan fingerprint density at radius 2 is 2.14 bits per heavy atom. The van der Waals surface area contributed by atoms with Crippen LogP contribution in [0.4, 0.5) is 10.2 Å². The van der Waals surface area contributed by atoms with Crippen LogP contribution in [0.1, 0.15) is 36.5 Å². The Bertz CT molecular complexity index is 857. The maximum Gasteiger partial charge on any atom is 0.191 e. The average Bonchev–Trinajstić information content (AvgIpc) is 3.35. The van der Waals surface area contributed by atoms with E-state index in [1.807, 2.05) is 4.90 Å². The van der Waals surface area contributed by atoms with Crippen molar-refractivity contribution in [3.05, 3.63) is 59.0 Å². The minimum atomic E-state index is -0.264. The number of aliphatic imine (C=N–C) groups is 1. The van der Waals surface area contributed by atoms with E-state index in [1.165, 1.54) is 42.0 Å². The van der Waals surface area contributed by atoms with E-state index in [0.717, 1.165) is 32.0 Å². The molecule has 1 fully saturated rings. The number of anilines is 1. The number of hydrogen-bond acceptors (Lipinski definition) is 3. The van der Waals surface area contributed by atoms with Crippen LogP contribution in [-0.4, -0.2) is 36.6 Å². The lowest BCUT2D eigenvalue weighted by Gasteiger charge is -2.20. The molecule has 2 N–H and O–H groups in total. The fraction of sp³-hybridized carbons (Fsp3) is 0.455. The molecule has 1 atom stereocenters. The molecule has 1 aliphatic heterocycles. The molecule has 29 heavy (non-hydrogen) atoms. The van der Waals surface area contributed by atoms with E-state index in [-0.39, 0.29) is 35.8 Å². The van der Waals surface area contributed by atoms with Gasteiger partial charge in [-0.15, -0.1) is 24.0 Å². The fourth-order valence-corrected chi connectivity index (χ4v) is 4.09. The zero-order chi connectivity index (χ0) is 19.3. The van der Waals surface area contributed by atoms with Crippen molar-refractivity contribution in [3.8, 4) is 0 Å². The summed E-state index contributed by atoms with van der Waals surface area (Å²) < 4.78 is 14.0. The summed E-state index contributed by atoms with van der Waals surface area (Å²) in [6, 6.07) is 10.1. The molecule has 0 amide bonds. The van der Waals surface area contributed by atoms with Crippen molar-refractivity contribution >= 4 is 35.8 Å². The first-order chi connectivity index (χ1) is 13.7. The van der Waals surface area contributed by atoms with Crippen molar-refractivity contribution in [2.24, 2.45) is 4.99 Å². The summed E-state index contributed by atoms with van der Waals surface area (Å²) in [6.45, 7) is 5.04. The highest BCUT2D eigenvalue weighted by atomic mass is 127. The lowest BCUT2D eigenvalue weighted by molar-refractivity contribution is 0.612. The largest absolute Gasteiger partial charge is 0.357 e. The maximum absolute atomic E-state index is 14.0. The van der Waals surface area contributed by atoms with Gasteiger partial charge in [-0.05, 0) is 61.4 Å². The van der Waals surface area contributed by atoms with E-state index >= 15 is 0 Å². The molecule has 0 radical (unpaired) electrons. The van der Waals surface area contributed by atoms with Crippen molar-refractivity contribution in [3.63, 3.8) is 0 Å². The van der Waals surface area contributed by atoms with Gasteiger partial charge >= 0.3 is 0 Å². The maximum atomic E-state index is 14.0. The van der Waals surface area contributed by atoms with Crippen molar-refractivity contribution in [1.29, 1.82) is 0 Å². The van der Waals surface area contributed by atoms with Gasteiger partial charge in [0.25, 0.3) is 0 Å². The van der Waals surface area contributed by atoms with Crippen molar-refractivity contribution < 1.29 is 4.39 Å². The Morgan fingerprint density at radius 1 is 1.28 bits per heavy atom. The number of halogens is 2. The Balaban J connectivity index is 0.00000240. The van der Waals surface area contributed by atoms with E-state index in [9.17, 15) is 4.39 Å². The second-order valence-corrected chi connectivity index (χ2v) is 7.54. The van der Waals surface area contributed by atoms with Crippen LogP contribution in [0, 0.1) is 5.82 Å². The van der Waals surface area contributed by atoms with Crippen LogP contribution >= 0.6 is 24.0 Å². The zero-order valence-electron chi connectivity index (χ0n) is 16.8. The standard InChI is InChI=1S/C22H28FN5.HI/c1-2-24-22(26-14-16-8-9-17-5-3-6-18(17)13-16)27-19-10-12-28(15-19)21-20(23)7-4-11-25-21;/h4,7-9,11,13,19H,2-3,5-6,10,12,14-15H2,1H3,(H2,24,26,27);1H. The van der Waals surface area contributed by atoms with E-state index in [4.69, 9.17) is 4.99 Å². The van der Waals surface area contributed by atoms with Crippen LogP contribution in [0.15, 0.2) is 41.5 Å². The van der Waals surface area contributed by atoms with Gasteiger partial charge in [-0.3, -0.25) is 0 Å². The monoisotopic (exact) mass is 509 g/mol. The zero-order valence-corrected chi connectivity index (χ0v) is 19.2. The fourth-order valence-electron chi connectivity index (χ4n) is 4.09. The number of nitrogens with zero attached hydrogens (tertiary/aromatic N) is 3. The number of fused-ring (bicyclic) bond motifs is 1. The first-order valence-electron chi connectivity index (χ1n) is 10.2. The molecular formula is C22H29FIN5. The Kier molecular flexibility index (Phi) is 7.69. The molecule has 5 nitrogen and oxygen atoms in total. The Hall–Kier alpha value is -1.90. The average molecular weight is 509 g/mol. The molecule has 2 aromatic rings. The molecular weight excluding hydrogens is 480 g/mol. The summed E-state index contributed by atoms with van der Waals surface area (Å²) in [6.07, 6.45) is 6.23. The SMILES string of the molecule is CCNC(=NCc1ccc2c(c1)CCC2)NC1CCN(c2ncccc2F)C1.I. The quantitative estimate of drug-likeness (QED) is 0.367. The van der Waals surface area contributed by atoms with Crippen LogP contribution in [-0.2, 0) is 19.4 Å². The van der Waals surface area contributed by atoms with Crippen LogP contribution in [0.3, 0.4) is 0 Å². The van der Waals surface area contributed by atoms with Gasteiger partial charge in [0.15, 0.2) is 17.6 Å². The van der Waals surface area contributed by atoms with E-state index in [0.29, 0.717) is 12.4 Å². The first-order valence-corrected chi connectivity index (χ1v) is 10.2. The molecule has 0 saturated carbocycles. The molecule has 2 heterocycles. The normalized spacial score (nSPS) is 18.3. The van der Waals surface area contributed by atoms with E-state index in [2.05, 4.69) is 40.7 Å². The molecule has 1 aromatic carbocycles. The minimum Gasteiger partial charge on any atom is -0.357 e. The van der Waals surface area contributed by atoms with Gasteiger partial charge < -0.3 is 15.5 Å². The molecule has 1 aliphatic carbocycles. The molecule has 4 rings (SSSR count). The lowest BCUT2D eigenvalue weighted by atomic mass is 10.1. The third kappa shape index (κ3) is 5.38. The van der Waals surface area contributed by atoms with Crippen molar-refractivity contribution in [2.45, 2.75) is 45.2 Å². The number of aromatic nitrogens is 1. The summed E-state index contributed by atoms with van der Waals surface area (Å²) >= 11 is 0. The lowest BCUT2D eigenvalue weighted by Crippen LogP contribution is -2.44. The minimum absolute atomic E-state index is 0. The highest BCUT2D eigenvalue weighted by Gasteiger charge is 2.25. The Labute approximate surface area is 189 Å². The van der Waals surface area contributed by atoms with Gasteiger partial charge in [0.05, 0.1) is 6.54 Å². The van der Waals surface area contributed by atoms with Gasteiger partial charge in [-0.2, -0.15) is 0 Å². The van der Waals surface area contributed by atoms with Gasteiger partial charge in [0, 0.05) is 31.9 Å². The van der Waals surface area contributed by atoms with Gasteiger partial charge in [-0.25, -0.2) is 14.4 Å². The summed E-state index contributed by atoms with van der Waals surface area (Å²) in [5, 5.41) is 6.83. The molecule has 2 aliphatic rings. The third-order valence-electron chi connectivity index (χ3n) is 5.49. The number of benzene rings is 1. The van der Waals surface area contributed by atoms with Crippen molar-refractivity contribution in [2.75, 3.05) is 24.5 Å². The predicted octanol–water partition coefficient (Wildman–Crippen LogP) is 3.66. The summed E-state index contributed by atoms with van der Waals surface area (Å²) in [5.74, 6) is 0.989. The highest BCUT2D eigenvalue weighted by molar-refractivity contribution is 14.0. The molecule has 156 valence electrons. The smallest absolute Gasteiger partial charge is 0.191 e. The first kappa shape index (κ1) is 21.8. The van der Waals surface area contributed by atoms with Crippen molar-refractivity contribution in [1.82, 2.24) is 15.6 Å². The topological polar surface area (TPSA) is 52.6 Å². The van der Waals surface area contributed by atoms with Crippen LogP contribution in [0.25, 0.3) is 0 Å². The molecule has 0 spiro atoms. The van der Waals surface area contributed by atoms with Gasteiger partial charge in [-0.1, -0.05) is 18.2 Å². The third-order valence-corrected chi connectivity index (χ3v) is 5.49. The second kappa shape index (κ2) is 10.2. The number of pyridine rings is 1. The predicted molar refractivity (Wildman–Crippen MR) is 127 cm³/mol. The summed E-state index contributed by atoms with van der Waals surface area (Å²) in [7, 11) is 0. The Morgan fingerprint density at radius 3 is 2.97 bits per heavy atom. The van der Waals surface area contributed by atoms with E-state index < -0.39 is 0 Å². The molecule has 1 saturated heterocycles. The number of nitrogens with one attached hydrogen (secondary N) is 2. The molecule has 0 bridgehead atoms. The number of hydrogen-bond donors (Lipinski definition) is 2. The van der Waals surface area contributed by atoms with Crippen LogP contribution in [0.5, 0.6) is 0 Å². The number of aryl methyl sites for hydroxylation is 2. The summed E-state index contributed by atoms with van der Waals surface area (Å²) in [4.78, 5) is 11.0. The molecule has 1 aromatic heterocycles. The highest BCUT2D eigenvalue weighted by Crippen LogP contribution is 2.23. The number of guanidine groups is 1. The van der Waals surface area contributed by atoms with Crippen LogP contribution in [0.2, 0.25) is 0 Å². The number of rotatable bonds is 5. The molecule has 1 unspecified atom stereocenters. The molecule has 7 heteroatoms. The van der Waals surface area contributed by atoms with E-state index in [1.54, 1.807) is 12.3 Å². The summed E-state index contributed by atoms with van der Waals surface area (Å²) in [5.41, 5.74) is 4.22. The second-order valence-electron chi connectivity index (χ2n) is 7.54.